The number of fused-ring (bicyclic) bond motifs is 2. The van der Waals surface area contributed by atoms with Crippen LogP contribution in [-0.2, 0) is 11.2 Å². The minimum Gasteiger partial charge on any atom is -0.486 e. The van der Waals surface area contributed by atoms with Gasteiger partial charge in [0, 0.05) is 44.3 Å². The fourth-order valence-corrected chi connectivity index (χ4v) is 5.45. The first kappa shape index (κ1) is 22.1. The molecule has 6 nitrogen and oxygen atoms in total. The van der Waals surface area contributed by atoms with Gasteiger partial charge in [0.25, 0.3) is 0 Å². The molecule has 1 fully saturated rings. The van der Waals surface area contributed by atoms with Crippen LogP contribution in [0.5, 0.6) is 11.5 Å². The predicted molar refractivity (Wildman–Crippen MR) is 132 cm³/mol. The van der Waals surface area contributed by atoms with Gasteiger partial charge < -0.3 is 19.7 Å². The van der Waals surface area contributed by atoms with Gasteiger partial charge in [0.05, 0.1) is 11.7 Å². The summed E-state index contributed by atoms with van der Waals surface area (Å²) >= 11 is 0. The van der Waals surface area contributed by atoms with Crippen LogP contribution in [0, 0.1) is 5.92 Å². The van der Waals surface area contributed by atoms with Gasteiger partial charge in [-0.1, -0.05) is 38.1 Å². The van der Waals surface area contributed by atoms with Crippen LogP contribution < -0.4 is 19.7 Å². The van der Waals surface area contributed by atoms with E-state index in [1.807, 2.05) is 12.1 Å². The molecule has 176 valence electrons. The summed E-state index contributed by atoms with van der Waals surface area (Å²) in [6.07, 6.45) is 2.64. The van der Waals surface area contributed by atoms with E-state index in [-0.39, 0.29) is 12.1 Å². The Morgan fingerprint density at radius 1 is 1.03 bits per heavy atom. The van der Waals surface area contributed by atoms with E-state index in [1.54, 1.807) is 0 Å². The molecule has 2 aromatic carbocycles. The van der Waals surface area contributed by atoms with E-state index in [0.717, 1.165) is 56.2 Å². The number of rotatable bonds is 6. The summed E-state index contributed by atoms with van der Waals surface area (Å²) in [5.41, 5.74) is 3.63. The number of hydrogen-bond donors (Lipinski definition) is 1. The van der Waals surface area contributed by atoms with Crippen LogP contribution in [0.1, 0.15) is 32.3 Å². The molecule has 0 aromatic heterocycles. The molecule has 0 spiro atoms. The molecule has 0 saturated carbocycles. The van der Waals surface area contributed by atoms with Crippen LogP contribution in [-0.4, -0.2) is 62.2 Å². The molecule has 3 aliphatic heterocycles. The van der Waals surface area contributed by atoms with Crippen molar-refractivity contribution in [2.75, 3.05) is 49.6 Å². The first-order chi connectivity index (χ1) is 16.1. The van der Waals surface area contributed by atoms with Gasteiger partial charge in [-0.15, -0.1) is 0 Å². The third kappa shape index (κ3) is 4.67. The average Bonchev–Trinajstić information content (AvgIpc) is 2.84. The molecule has 33 heavy (non-hydrogen) atoms. The number of nitrogens with zero attached hydrogens (tertiary/aromatic N) is 2. The molecule has 3 heterocycles. The molecular weight excluding hydrogens is 414 g/mol. The summed E-state index contributed by atoms with van der Waals surface area (Å²) in [7, 11) is 0. The lowest BCUT2D eigenvalue weighted by Crippen LogP contribution is -2.59. The first-order valence-corrected chi connectivity index (χ1v) is 12.3. The molecule has 1 saturated heterocycles. The van der Waals surface area contributed by atoms with Crippen LogP contribution in [0.2, 0.25) is 0 Å². The number of carbonyl (C=O) groups excluding carboxylic acids is 1. The molecule has 6 heteroatoms. The molecule has 0 radical (unpaired) electrons. The highest BCUT2D eigenvalue weighted by molar-refractivity contribution is 5.85. The van der Waals surface area contributed by atoms with Crippen LogP contribution >= 0.6 is 0 Å². The van der Waals surface area contributed by atoms with E-state index in [1.165, 1.54) is 11.3 Å². The number of aryl methyl sites for hydroxylation is 1. The Morgan fingerprint density at radius 2 is 1.82 bits per heavy atom. The van der Waals surface area contributed by atoms with Crippen molar-refractivity contribution < 1.29 is 14.3 Å². The van der Waals surface area contributed by atoms with E-state index in [9.17, 15) is 4.79 Å². The maximum absolute atomic E-state index is 13.5. The van der Waals surface area contributed by atoms with Crippen LogP contribution in [0.4, 0.5) is 11.4 Å². The number of carbonyl (C=O) groups is 1. The molecule has 0 bridgehead atoms. The lowest BCUT2D eigenvalue weighted by atomic mass is 9.88. The summed E-state index contributed by atoms with van der Waals surface area (Å²) in [4.78, 5) is 18.3. The van der Waals surface area contributed by atoms with Crippen LogP contribution in [0.25, 0.3) is 0 Å². The summed E-state index contributed by atoms with van der Waals surface area (Å²) in [5, 5.41) is 3.72. The largest absolute Gasteiger partial charge is 0.486 e. The second kappa shape index (κ2) is 9.64. The van der Waals surface area contributed by atoms with Crippen molar-refractivity contribution in [2.24, 2.45) is 5.92 Å². The van der Waals surface area contributed by atoms with Gasteiger partial charge in [-0.3, -0.25) is 9.69 Å². The Morgan fingerprint density at radius 3 is 2.64 bits per heavy atom. The van der Waals surface area contributed by atoms with Crippen molar-refractivity contribution in [1.82, 2.24) is 4.90 Å². The van der Waals surface area contributed by atoms with Gasteiger partial charge in [0.2, 0.25) is 0 Å². The monoisotopic (exact) mass is 449 g/mol. The number of ether oxygens (including phenoxy) is 2. The average molecular weight is 450 g/mol. The van der Waals surface area contributed by atoms with Crippen molar-refractivity contribution in [3.05, 3.63) is 48.0 Å². The highest BCUT2D eigenvalue weighted by atomic mass is 16.6. The number of Topliss-reactive ketones (excluding diaryl/α,β-unsaturated/α-hetero) is 1. The Kier molecular flexibility index (Phi) is 6.45. The molecule has 3 aliphatic rings. The summed E-state index contributed by atoms with van der Waals surface area (Å²) in [6.45, 7) is 8.92. The van der Waals surface area contributed by atoms with Crippen LogP contribution in [0.15, 0.2) is 42.5 Å². The lowest BCUT2D eigenvalue weighted by Gasteiger charge is -2.44. The zero-order valence-corrected chi connectivity index (χ0v) is 19.8. The second-order valence-electron chi connectivity index (χ2n) is 9.78. The number of anilines is 2. The van der Waals surface area contributed by atoms with E-state index < -0.39 is 0 Å². The van der Waals surface area contributed by atoms with E-state index in [0.29, 0.717) is 31.3 Å². The molecule has 0 amide bonds. The molecule has 2 unspecified atom stereocenters. The zero-order valence-electron chi connectivity index (χ0n) is 19.8. The van der Waals surface area contributed by atoms with Gasteiger partial charge in [0.15, 0.2) is 17.3 Å². The Bertz CT molecular complexity index is 984. The van der Waals surface area contributed by atoms with Crippen molar-refractivity contribution in [1.29, 1.82) is 0 Å². The molecule has 0 aliphatic carbocycles. The summed E-state index contributed by atoms with van der Waals surface area (Å²) < 4.78 is 11.7. The number of para-hydroxylation sites is 2. The van der Waals surface area contributed by atoms with E-state index in [4.69, 9.17) is 9.47 Å². The smallest absolute Gasteiger partial charge is 0.184 e. The minimum atomic E-state index is -0.0906. The van der Waals surface area contributed by atoms with Crippen molar-refractivity contribution in [3.8, 4) is 11.5 Å². The highest BCUT2D eigenvalue weighted by Crippen LogP contribution is 2.40. The van der Waals surface area contributed by atoms with Crippen molar-refractivity contribution in [3.63, 3.8) is 0 Å². The van der Waals surface area contributed by atoms with Crippen LogP contribution in [0.3, 0.4) is 0 Å². The van der Waals surface area contributed by atoms with Gasteiger partial charge in [-0.25, -0.2) is 0 Å². The Labute approximate surface area is 196 Å². The molecule has 5 rings (SSSR count). The fraction of sp³-hybridized carbons (Fsp3) is 0.519. The molecule has 2 atom stereocenters. The number of piperazine rings is 1. The Hall–Kier alpha value is -2.73. The van der Waals surface area contributed by atoms with Gasteiger partial charge >= 0.3 is 0 Å². The van der Waals surface area contributed by atoms with E-state index >= 15 is 0 Å². The second-order valence-corrected chi connectivity index (χ2v) is 9.78. The van der Waals surface area contributed by atoms with Gasteiger partial charge in [-0.05, 0) is 42.5 Å². The van der Waals surface area contributed by atoms with E-state index in [2.05, 4.69) is 59.3 Å². The SMILES string of the molecule is CC(C)CC(=O)C(C1CCc2ccccc2N1)N1CCN(c2cccc3c2OCCO3)CC1. The quantitative estimate of drug-likeness (QED) is 0.720. The van der Waals surface area contributed by atoms with Crippen molar-refractivity contribution >= 4 is 17.2 Å². The summed E-state index contributed by atoms with van der Waals surface area (Å²) in [6, 6.07) is 14.7. The summed E-state index contributed by atoms with van der Waals surface area (Å²) in [5.74, 6) is 2.42. The maximum Gasteiger partial charge on any atom is 0.184 e. The number of nitrogens with one attached hydrogen (secondary N) is 1. The predicted octanol–water partition coefficient (Wildman–Crippen LogP) is 3.99. The standard InChI is InChI=1S/C27H35N3O3/c1-19(2)18-24(31)26(22-11-10-20-6-3-4-7-21(20)28-22)30-14-12-29(13-15-30)23-8-5-9-25-27(23)33-17-16-32-25/h3-9,19,22,26,28H,10-18H2,1-2H3. The van der Waals surface area contributed by atoms with Gasteiger partial charge in [0.1, 0.15) is 13.2 Å². The third-order valence-corrected chi connectivity index (χ3v) is 7.00. The fourth-order valence-electron chi connectivity index (χ4n) is 5.45. The Balaban J connectivity index is 1.32. The number of hydrogen-bond acceptors (Lipinski definition) is 6. The maximum atomic E-state index is 13.5. The zero-order chi connectivity index (χ0) is 22.8. The lowest BCUT2D eigenvalue weighted by molar-refractivity contribution is -0.125. The molecule has 1 N–H and O–H groups in total. The topological polar surface area (TPSA) is 54.0 Å². The number of ketones is 1. The molecule has 2 aromatic rings. The first-order valence-electron chi connectivity index (χ1n) is 12.3. The third-order valence-electron chi connectivity index (χ3n) is 7.00. The van der Waals surface area contributed by atoms with Gasteiger partial charge in [-0.2, -0.15) is 0 Å². The highest BCUT2D eigenvalue weighted by Gasteiger charge is 2.37. The number of benzene rings is 2. The normalized spacial score (nSPS) is 21.3. The molecular formula is C27H35N3O3. The minimum absolute atomic E-state index is 0.0906. The van der Waals surface area contributed by atoms with Crippen molar-refractivity contribution in [2.45, 2.75) is 45.2 Å².